The van der Waals surface area contributed by atoms with Crippen molar-refractivity contribution in [3.63, 3.8) is 0 Å². The van der Waals surface area contributed by atoms with E-state index in [1.807, 2.05) is 31.2 Å². The Hall–Kier alpha value is -2.04. The molecule has 1 heterocycles. The third-order valence-electron chi connectivity index (χ3n) is 2.39. The molecule has 90 valence electrons. The number of methoxy groups -OCH3 is 1. The zero-order valence-corrected chi connectivity index (χ0v) is 10.1. The van der Waals surface area contributed by atoms with Crippen molar-refractivity contribution in [1.29, 1.82) is 0 Å². The van der Waals surface area contributed by atoms with Crippen LogP contribution in [0.25, 0.3) is 0 Å². The van der Waals surface area contributed by atoms with E-state index >= 15 is 0 Å². The van der Waals surface area contributed by atoms with Crippen molar-refractivity contribution in [1.82, 2.24) is 10.1 Å². The van der Waals surface area contributed by atoms with Crippen LogP contribution in [0.5, 0.6) is 5.75 Å². The summed E-state index contributed by atoms with van der Waals surface area (Å²) < 4.78 is 10.4. The number of ether oxygens (including phenoxy) is 1. The SMILES string of the molecule is COc1ccccc1NC(C)c1nc(C)no1. The summed E-state index contributed by atoms with van der Waals surface area (Å²) in [6.07, 6.45) is 0. The van der Waals surface area contributed by atoms with E-state index in [0.29, 0.717) is 11.7 Å². The number of hydrogen-bond donors (Lipinski definition) is 1. The Morgan fingerprint density at radius 3 is 2.76 bits per heavy atom. The Kier molecular flexibility index (Phi) is 3.27. The van der Waals surface area contributed by atoms with E-state index in [-0.39, 0.29) is 6.04 Å². The topological polar surface area (TPSA) is 60.2 Å². The molecule has 0 radical (unpaired) electrons. The fraction of sp³-hybridized carbons (Fsp3) is 0.333. The second-order valence-corrected chi connectivity index (χ2v) is 3.75. The van der Waals surface area contributed by atoms with Gasteiger partial charge in [-0.1, -0.05) is 17.3 Å². The van der Waals surface area contributed by atoms with Crippen molar-refractivity contribution in [2.24, 2.45) is 0 Å². The average Bonchev–Trinajstić information content (AvgIpc) is 2.77. The molecule has 0 saturated heterocycles. The molecule has 0 spiro atoms. The summed E-state index contributed by atoms with van der Waals surface area (Å²) in [6.45, 7) is 3.75. The molecule has 17 heavy (non-hydrogen) atoms. The first-order chi connectivity index (χ1) is 8.20. The number of nitrogens with one attached hydrogen (secondary N) is 1. The highest BCUT2D eigenvalue weighted by atomic mass is 16.5. The van der Waals surface area contributed by atoms with Crippen LogP contribution in [0, 0.1) is 6.92 Å². The number of aryl methyl sites for hydroxylation is 1. The summed E-state index contributed by atoms with van der Waals surface area (Å²) in [6, 6.07) is 7.64. The van der Waals surface area contributed by atoms with Crippen LogP contribution in [0.4, 0.5) is 5.69 Å². The third-order valence-corrected chi connectivity index (χ3v) is 2.39. The molecule has 1 atom stereocenters. The van der Waals surface area contributed by atoms with Crippen LogP contribution >= 0.6 is 0 Å². The number of nitrogens with zero attached hydrogens (tertiary/aromatic N) is 2. The first kappa shape index (κ1) is 11.4. The van der Waals surface area contributed by atoms with E-state index in [1.165, 1.54) is 0 Å². The van der Waals surface area contributed by atoms with Gasteiger partial charge < -0.3 is 14.6 Å². The largest absolute Gasteiger partial charge is 0.495 e. The van der Waals surface area contributed by atoms with Crippen molar-refractivity contribution >= 4 is 5.69 Å². The van der Waals surface area contributed by atoms with Gasteiger partial charge in [0, 0.05) is 0 Å². The molecule has 2 rings (SSSR count). The molecule has 0 amide bonds. The van der Waals surface area contributed by atoms with Crippen LogP contribution in [-0.4, -0.2) is 17.3 Å². The van der Waals surface area contributed by atoms with E-state index in [9.17, 15) is 0 Å². The van der Waals surface area contributed by atoms with Gasteiger partial charge in [0.2, 0.25) is 5.89 Å². The predicted octanol–water partition coefficient (Wildman–Crippen LogP) is 2.56. The number of anilines is 1. The van der Waals surface area contributed by atoms with Crippen LogP contribution < -0.4 is 10.1 Å². The van der Waals surface area contributed by atoms with Crippen molar-refractivity contribution < 1.29 is 9.26 Å². The summed E-state index contributed by atoms with van der Waals surface area (Å²) >= 11 is 0. The molecule has 0 aliphatic heterocycles. The highest BCUT2D eigenvalue weighted by Crippen LogP contribution is 2.26. The van der Waals surface area contributed by atoms with Gasteiger partial charge in [-0.05, 0) is 26.0 Å². The number of rotatable bonds is 4. The maximum atomic E-state index is 5.26. The van der Waals surface area contributed by atoms with Crippen molar-refractivity contribution in [2.75, 3.05) is 12.4 Å². The summed E-state index contributed by atoms with van der Waals surface area (Å²) in [4.78, 5) is 4.18. The summed E-state index contributed by atoms with van der Waals surface area (Å²) in [5.41, 5.74) is 0.901. The Morgan fingerprint density at radius 2 is 2.12 bits per heavy atom. The van der Waals surface area contributed by atoms with Gasteiger partial charge in [-0.3, -0.25) is 0 Å². The van der Waals surface area contributed by atoms with E-state index in [1.54, 1.807) is 14.0 Å². The van der Waals surface area contributed by atoms with E-state index in [4.69, 9.17) is 9.26 Å². The Labute approximate surface area is 99.8 Å². The predicted molar refractivity (Wildman–Crippen MR) is 64.1 cm³/mol. The van der Waals surface area contributed by atoms with Gasteiger partial charge in [-0.2, -0.15) is 4.98 Å². The van der Waals surface area contributed by atoms with Crippen molar-refractivity contribution in [3.05, 3.63) is 36.0 Å². The van der Waals surface area contributed by atoms with Crippen LogP contribution in [0.2, 0.25) is 0 Å². The summed E-state index contributed by atoms with van der Waals surface area (Å²) in [5, 5.41) is 7.03. The Morgan fingerprint density at radius 1 is 1.35 bits per heavy atom. The van der Waals surface area contributed by atoms with E-state index in [2.05, 4.69) is 15.5 Å². The van der Waals surface area contributed by atoms with Gasteiger partial charge in [0.1, 0.15) is 11.8 Å². The van der Waals surface area contributed by atoms with Gasteiger partial charge >= 0.3 is 0 Å². The molecule has 1 N–H and O–H groups in total. The monoisotopic (exact) mass is 233 g/mol. The van der Waals surface area contributed by atoms with Crippen LogP contribution in [-0.2, 0) is 0 Å². The van der Waals surface area contributed by atoms with Crippen molar-refractivity contribution in [3.8, 4) is 5.75 Å². The molecule has 1 aromatic heterocycles. The number of aromatic nitrogens is 2. The molecule has 0 saturated carbocycles. The van der Waals surface area contributed by atoms with Crippen LogP contribution in [0.1, 0.15) is 24.7 Å². The maximum absolute atomic E-state index is 5.26. The zero-order chi connectivity index (χ0) is 12.3. The molecule has 0 aliphatic rings. The van der Waals surface area contributed by atoms with Gasteiger partial charge in [0.05, 0.1) is 12.8 Å². The fourth-order valence-corrected chi connectivity index (χ4v) is 1.55. The number of hydrogen-bond acceptors (Lipinski definition) is 5. The lowest BCUT2D eigenvalue weighted by molar-refractivity contribution is 0.363. The summed E-state index contributed by atoms with van der Waals surface area (Å²) in [7, 11) is 1.64. The van der Waals surface area contributed by atoms with Crippen LogP contribution in [0.3, 0.4) is 0 Å². The molecular weight excluding hydrogens is 218 g/mol. The molecule has 0 fully saturated rings. The minimum atomic E-state index is -0.0625. The molecule has 1 unspecified atom stereocenters. The maximum Gasteiger partial charge on any atom is 0.248 e. The molecule has 5 nitrogen and oxygen atoms in total. The fourth-order valence-electron chi connectivity index (χ4n) is 1.55. The third kappa shape index (κ3) is 2.55. The molecule has 2 aromatic rings. The second kappa shape index (κ2) is 4.86. The van der Waals surface area contributed by atoms with Crippen LogP contribution in [0.15, 0.2) is 28.8 Å². The van der Waals surface area contributed by atoms with Crippen molar-refractivity contribution in [2.45, 2.75) is 19.9 Å². The smallest absolute Gasteiger partial charge is 0.248 e. The average molecular weight is 233 g/mol. The normalized spacial score (nSPS) is 12.2. The van der Waals surface area contributed by atoms with Gasteiger partial charge in [0.25, 0.3) is 0 Å². The quantitative estimate of drug-likeness (QED) is 0.879. The molecular formula is C12H15N3O2. The standard InChI is InChI=1S/C12H15N3O2/c1-8(12-14-9(2)15-17-12)13-10-6-4-5-7-11(10)16-3/h4-8,13H,1-3H3. The molecule has 1 aromatic carbocycles. The number of benzene rings is 1. The highest BCUT2D eigenvalue weighted by molar-refractivity contribution is 5.56. The molecule has 5 heteroatoms. The lowest BCUT2D eigenvalue weighted by atomic mass is 10.2. The lowest BCUT2D eigenvalue weighted by Gasteiger charge is -2.14. The van der Waals surface area contributed by atoms with E-state index < -0.39 is 0 Å². The summed E-state index contributed by atoms with van der Waals surface area (Å²) in [5.74, 6) is 1.98. The first-order valence-corrected chi connectivity index (χ1v) is 5.40. The molecule has 0 aliphatic carbocycles. The van der Waals surface area contributed by atoms with E-state index in [0.717, 1.165) is 11.4 Å². The molecule has 0 bridgehead atoms. The Bertz CT molecular complexity index is 496. The second-order valence-electron chi connectivity index (χ2n) is 3.75. The minimum absolute atomic E-state index is 0.0625. The first-order valence-electron chi connectivity index (χ1n) is 5.40. The zero-order valence-electron chi connectivity index (χ0n) is 10.1. The highest BCUT2D eigenvalue weighted by Gasteiger charge is 2.14. The minimum Gasteiger partial charge on any atom is -0.495 e. The Balaban J connectivity index is 2.15. The number of para-hydroxylation sites is 2. The lowest BCUT2D eigenvalue weighted by Crippen LogP contribution is -2.08. The van der Waals surface area contributed by atoms with Gasteiger partial charge in [-0.15, -0.1) is 0 Å². The van der Waals surface area contributed by atoms with Gasteiger partial charge in [0.15, 0.2) is 5.82 Å². The van der Waals surface area contributed by atoms with Gasteiger partial charge in [-0.25, -0.2) is 0 Å².